The fourth-order valence-corrected chi connectivity index (χ4v) is 3.38. The maximum absolute atomic E-state index is 11.8. The zero-order chi connectivity index (χ0) is 13.8. The normalized spacial score (nSPS) is 22.5. The van der Waals surface area contributed by atoms with Gasteiger partial charge in [-0.2, -0.15) is 0 Å². The van der Waals surface area contributed by atoms with Crippen molar-refractivity contribution in [2.45, 2.75) is 25.8 Å². The van der Waals surface area contributed by atoms with Gasteiger partial charge in [-0.25, -0.2) is 13.2 Å². The summed E-state index contributed by atoms with van der Waals surface area (Å²) in [4.78, 5) is 23.8. The summed E-state index contributed by atoms with van der Waals surface area (Å²) in [5, 5.41) is 11.4. The topological polar surface area (TPSA) is 104 Å². The van der Waals surface area contributed by atoms with E-state index in [1.54, 1.807) is 0 Å². The fourth-order valence-electron chi connectivity index (χ4n) is 1.86. The van der Waals surface area contributed by atoms with Gasteiger partial charge in [-0.3, -0.25) is 4.79 Å². The lowest BCUT2D eigenvalue weighted by Crippen LogP contribution is -2.55. The van der Waals surface area contributed by atoms with Gasteiger partial charge in [-0.05, 0) is 6.42 Å². The second-order valence-corrected chi connectivity index (χ2v) is 6.52. The van der Waals surface area contributed by atoms with Crippen LogP contribution >= 0.6 is 0 Å². The molecule has 1 rings (SSSR count). The number of carbonyl (C=O) groups is 2. The van der Waals surface area contributed by atoms with Crippen LogP contribution in [0, 0.1) is 0 Å². The molecule has 1 saturated heterocycles. The first-order valence-electron chi connectivity index (χ1n) is 5.82. The van der Waals surface area contributed by atoms with Gasteiger partial charge < -0.3 is 15.3 Å². The molecule has 0 radical (unpaired) electrons. The summed E-state index contributed by atoms with van der Waals surface area (Å²) in [5.41, 5.74) is 0. The Hall–Kier alpha value is -1.31. The van der Waals surface area contributed by atoms with Gasteiger partial charge in [0.1, 0.15) is 0 Å². The number of aliphatic carboxylic acids is 1. The quantitative estimate of drug-likeness (QED) is 0.733. The Morgan fingerprint density at radius 3 is 2.67 bits per heavy atom. The number of carbonyl (C=O) groups excluding carboxylic acids is 1. The molecule has 0 saturated carbocycles. The summed E-state index contributed by atoms with van der Waals surface area (Å²) in [7, 11) is -3.25. The SMILES string of the molecule is CCCNC(=O)N1CCS(=O)(=O)CC1CC(=O)O. The summed E-state index contributed by atoms with van der Waals surface area (Å²) in [6.45, 7) is 2.44. The molecule has 1 atom stereocenters. The number of carboxylic acid groups (broad SMARTS) is 1. The summed E-state index contributed by atoms with van der Waals surface area (Å²) < 4.78 is 22.9. The molecule has 1 fully saturated rings. The van der Waals surface area contributed by atoms with Gasteiger partial charge in [-0.1, -0.05) is 6.92 Å². The highest BCUT2D eigenvalue weighted by Gasteiger charge is 2.35. The van der Waals surface area contributed by atoms with Gasteiger partial charge in [0.2, 0.25) is 0 Å². The molecule has 0 aliphatic carbocycles. The van der Waals surface area contributed by atoms with Crippen LogP contribution in [0.2, 0.25) is 0 Å². The molecule has 7 nitrogen and oxygen atoms in total. The Kier molecular flexibility index (Phi) is 4.94. The number of hydrogen-bond acceptors (Lipinski definition) is 4. The number of carboxylic acids is 1. The predicted octanol–water partition coefficient (Wildman–Crippen LogP) is -0.320. The smallest absolute Gasteiger partial charge is 0.317 e. The number of hydrogen-bond donors (Lipinski definition) is 2. The van der Waals surface area contributed by atoms with E-state index in [4.69, 9.17) is 5.11 Å². The summed E-state index contributed by atoms with van der Waals surface area (Å²) >= 11 is 0. The average Bonchev–Trinajstić information content (AvgIpc) is 2.24. The predicted molar refractivity (Wildman–Crippen MR) is 65.1 cm³/mol. The standard InChI is InChI=1S/C10H18N2O5S/c1-2-3-11-10(15)12-4-5-18(16,17)7-8(12)6-9(13)14/h8H,2-7H2,1H3,(H,11,15)(H,13,14). The molecular weight excluding hydrogens is 260 g/mol. The second-order valence-electron chi connectivity index (χ2n) is 4.29. The van der Waals surface area contributed by atoms with Crippen LogP contribution in [0.5, 0.6) is 0 Å². The molecule has 8 heteroatoms. The number of amides is 2. The minimum absolute atomic E-state index is 0.0514. The molecule has 2 amide bonds. The van der Waals surface area contributed by atoms with Crippen LogP contribution in [0.25, 0.3) is 0 Å². The van der Waals surface area contributed by atoms with Crippen LogP contribution in [-0.4, -0.2) is 61.1 Å². The Labute approximate surface area is 106 Å². The number of nitrogens with zero attached hydrogens (tertiary/aromatic N) is 1. The van der Waals surface area contributed by atoms with Crippen molar-refractivity contribution in [2.75, 3.05) is 24.6 Å². The van der Waals surface area contributed by atoms with Crippen LogP contribution in [0.4, 0.5) is 4.79 Å². The molecule has 2 N–H and O–H groups in total. The molecule has 18 heavy (non-hydrogen) atoms. The molecule has 0 aromatic carbocycles. The van der Waals surface area contributed by atoms with Crippen LogP contribution in [0.15, 0.2) is 0 Å². The molecule has 0 aromatic rings. The fraction of sp³-hybridized carbons (Fsp3) is 0.800. The Morgan fingerprint density at radius 2 is 2.11 bits per heavy atom. The zero-order valence-corrected chi connectivity index (χ0v) is 11.1. The largest absolute Gasteiger partial charge is 0.481 e. The Balaban J connectivity index is 2.74. The first kappa shape index (κ1) is 14.7. The van der Waals surface area contributed by atoms with Crippen molar-refractivity contribution in [1.29, 1.82) is 0 Å². The van der Waals surface area contributed by atoms with Crippen LogP contribution in [0.1, 0.15) is 19.8 Å². The third-order valence-electron chi connectivity index (χ3n) is 2.73. The van der Waals surface area contributed by atoms with Crippen molar-refractivity contribution < 1.29 is 23.1 Å². The van der Waals surface area contributed by atoms with Crippen molar-refractivity contribution in [3.05, 3.63) is 0 Å². The van der Waals surface area contributed by atoms with E-state index >= 15 is 0 Å². The van der Waals surface area contributed by atoms with Gasteiger partial charge >= 0.3 is 12.0 Å². The first-order valence-corrected chi connectivity index (χ1v) is 7.64. The van der Waals surface area contributed by atoms with Crippen LogP contribution < -0.4 is 5.32 Å². The van der Waals surface area contributed by atoms with E-state index < -0.39 is 27.9 Å². The first-order chi connectivity index (χ1) is 8.35. The van der Waals surface area contributed by atoms with Gasteiger partial charge in [0, 0.05) is 13.1 Å². The minimum Gasteiger partial charge on any atom is -0.481 e. The molecule has 0 spiro atoms. The third-order valence-corrected chi connectivity index (χ3v) is 4.42. The second kappa shape index (κ2) is 6.03. The highest BCUT2D eigenvalue weighted by atomic mass is 32.2. The highest BCUT2D eigenvalue weighted by Crippen LogP contribution is 2.15. The van der Waals surface area contributed by atoms with Crippen molar-refractivity contribution in [3.8, 4) is 0 Å². The van der Waals surface area contributed by atoms with E-state index in [0.717, 1.165) is 6.42 Å². The molecule has 104 valence electrons. The summed E-state index contributed by atoms with van der Waals surface area (Å²) in [6.07, 6.45) is 0.417. The summed E-state index contributed by atoms with van der Waals surface area (Å²) in [6, 6.07) is -1.17. The van der Waals surface area contributed by atoms with Gasteiger partial charge in [0.15, 0.2) is 9.84 Å². The van der Waals surface area contributed by atoms with Gasteiger partial charge in [0.05, 0.1) is 24.0 Å². The lowest BCUT2D eigenvalue weighted by Gasteiger charge is -2.34. The van der Waals surface area contributed by atoms with Crippen molar-refractivity contribution in [2.24, 2.45) is 0 Å². The minimum atomic E-state index is -3.25. The maximum Gasteiger partial charge on any atom is 0.317 e. The number of sulfone groups is 1. The van der Waals surface area contributed by atoms with Crippen molar-refractivity contribution in [1.82, 2.24) is 10.2 Å². The summed E-state index contributed by atoms with van der Waals surface area (Å²) in [5.74, 6) is -1.49. The molecule has 0 aromatic heterocycles. The molecule has 1 unspecified atom stereocenters. The monoisotopic (exact) mass is 278 g/mol. The van der Waals surface area contributed by atoms with Crippen LogP contribution in [0.3, 0.4) is 0 Å². The van der Waals surface area contributed by atoms with Gasteiger partial charge in [0.25, 0.3) is 0 Å². The maximum atomic E-state index is 11.8. The molecule has 1 heterocycles. The average molecular weight is 278 g/mol. The molecule has 0 bridgehead atoms. The van der Waals surface area contributed by atoms with Gasteiger partial charge in [-0.15, -0.1) is 0 Å². The lowest BCUT2D eigenvalue weighted by molar-refractivity contribution is -0.138. The van der Waals surface area contributed by atoms with E-state index in [2.05, 4.69) is 5.32 Å². The van der Waals surface area contributed by atoms with E-state index in [9.17, 15) is 18.0 Å². The highest BCUT2D eigenvalue weighted by molar-refractivity contribution is 7.91. The van der Waals surface area contributed by atoms with E-state index in [0.29, 0.717) is 6.54 Å². The number of nitrogens with one attached hydrogen (secondary N) is 1. The van der Waals surface area contributed by atoms with E-state index in [-0.39, 0.29) is 24.5 Å². The molecular formula is C10H18N2O5S. The Bertz CT molecular complexity index is 420. The Morgan fingerprint density at radius 1 is 1.44 bits per heavy atom. The molecule has 1 aliphatic rings. The zero-order valence-electron chi connectivity index (χ0n) is 10.3. The number of rotatable bonds is 4. The number of urea groups is 1. The van der Waals surface area contributed by atoms with E-state index in [1.165, 1.54) is 4.90 Å². The molecule has 1 aliphatic heterocycles. The lowest BCUT2D eigenvalue weighted by atomic mass is 10.2. The van der Waals surface area contributed by atoms with Crippen molar-refractivity contribution in [3.63, 3.8) is 0 Å². The van der Waals surface area contributed by atoms with Crippen LogP contribution in [-0.2, 0) is 14.6 Å². The third kappa shape index (κ3) is 4.17. The van der Waals surface area contributed by atoms with E-state index in [1.807, 2.05) is 6.92 Å². The van der Waals surface area contributed by atoms with Crippen molar-refractivity contribution >= 4 is 21.8 Å².